The number of carbonyl (C=O) groups is 1. The summed E-state index contributed by atoms with van der Waals surface area (Å²) in [7, 11) is -2.06. The number of alkyl halides is 1. The summed E-state index contributed by atoms with van der Waals surface area (Å²) in [4.78, 5) is 14.3. The molecular formula is C16H17F6N3O2S. The van der Waals surface area contributed by atoms with Gasteiger partial charge in [-0.05, 0) is 0 Å². The molecule has 3 rings (SSSR count). The molecule has 2 N–H and O–H groups in total. The average Bonchev–Trinajstić information content (AvgIpc) is 3.23. The lowest BCUT2D eigenvalue weighted by Gasteiger charge is -2.25. The number of fused-ring (bicyclic) bond motifs is 1. The molecule has 156 valence electrons. The van der Waals surface area contributed by atoms with Crippen molar-refractivity contribution in [3.05, 3.63) is 29.1 Å². The van der Waals surface area contributed by atoms with E-state index in [2.05, 4.69) is 0 Å². The number of hydrogen-bond donors (Lipinski definition) is 1. The molecule has 0 bridgehead atoms. The number of benzene rings is 1. The van der Waals surface area contributed by atoms with Gasteiger partial charge in [0.05, 0.1) is 10.8 Å². The number of amides is 1. The van der Waals surface area contributed by atoms with Crippen molar-refractivity contribution in [1.82, 2.24) is 4.90 Å². The highest BCUT2D eigenvalue weighted by Crippen LogP contribution is 2.38. The van der Waals surface area contributed by atoms with Crippen LogP contribution < -0.4 is 10.6 Å². The standard InChI is InChI=1S/C16H17F6N3O2S/c17-9-10(18)12(20)14(13(21)11(9)19)24-3-7-5-25(6-8(7)4-24)16(26)15(22)28(27)2-1-23/h7-8,15H,1-6,23H2/t7-,8+,15?,28?. The first-order valence-electron chi connectivity index (χ1n) is 8.43. The minimum Gasteiger partial charge on any atom is -0.366 e. The molecule has 2 saturated heterocycles. The van der Waals surface area contributed by atoms with E-state index in [4.69, 9.17) is 5.73 Å². The van der Waals surface area contributed by atoms with E-state index in [1.165, 1.54) is 4.90 Å². The maximum atomic E-state index is 14.0. The van der Waals surface area contributed by atoms with E-state index in [-0.39, 0.29) is 50.3 Å². The Kier molecular flexibility index (Phi) is 5.89. The van der Waals surface area contributed by atoms with Crippen LogP contribution >= 0.6 is 0 Å². The number of carbonyl (C=O) groups excluding carboxylic acids is 1. The molecule has 28 heavy (non-hydrogen) atoms. The number of nitrogens with zero attached hydrogens (tertiary/aromatic N) is 2. The Labute approximate surface area is 158 Å². The predicted molar refractivity (Wildman–Crippen MR) is 89.0 cm³/mol. The van der Waals surface area contributed by atoms with Gasteiger partial charge < -0.3 is 15.5 Å². The maximum Gasteiger partial charge on any atom is 0.270 e. The summed E-state index contributed by atoms with van der Waals surface area (Å²) < 4.78 is 93.6. The minimum atomic E-state index is -2.23. The fraction of sp³-hybridized carbons (Fsp3) is 0.562. The van der Waals surface area contributed by atoms with Gasteiger partial charge in [0.15, 0.2) is 23.3 Å². The lowest BCUT2D eigenvalue weighted by molar-refractivity contribution is -0.132. The van der Waals surface area contributed by atoms with Crippen molar-refractivity contribution in [1.29, 1.82) is 0 Å². The molecule has 0 saturated carbocycles. The molecule has 2 fully saturated rings. The minimum absolute atomic E-state index is 0.0373. The smallest absolute Gasteiger partial charge is 0.270 e. The quantitative estimate of drug-likeness (QED) is 0.435. The van der Waals surface area contributed by atoms with Crippen molar-refractivity contribution in [3.63, 3.8) is 0 Å². The van der Waals surface area contributed by atoms with Gasteiger partial charge in [-0.2, -0.15) is 0 Å². The topological polar surface area (TPSA) is 66.6 Å². The van der Waals surface area contributed by atoms with Crippen molar-refractivity contribution < 1.29 is 35.3 Å². The van der Waals surface area contributed by atoms with Gasteiger partial charge >= 0.3 is 0 Å². The summed E-state index contributed by atoms with van der Waals surface area (Å²) in [6, 6.07) is 0. The first-order chi connectivity index (χ1) is 13.2. The average molecular weight is 429 g/mol. The highest BCUT2D eigenvalue weighted by molar-refractivity contribution is 7.86. The molecule has 12 heteroatoms. The Morgan fingerprint density at radius 3 is 1.89 bits per heavy atom. The summed E-state index contributed by atoms with van der Waals surface area (Å²) in [5.41, 5.74) is 1.98. The van der Waals surface area contributed by atoms with Crippen LogP contribution in [0.15, 0.2) is 0 Å². The Hall–Kier alpha value is -1.82. The highest BCUT2D eigenvalue weighted by atomic mass is 32.2. The largest absolute Gasteiger partial charge is 0.366 e. The molecule has 1 amide bonds. The molecule has 5 nitrogen and oxygen atoms in total. The van der Waals surface area contributed by atoms with E-state index in [1.54, 1.807) is 0 Å². The van der Waals surface area contributed by atoms with Gasteiger partial charge in [0.25, 0.3) is 11.4 Å². The van der Waals surface area contributed by atoms with Crippen LogP contribution in [0.1, 0.15) is 0 Å². The molecule has 0 spiro atoms. The fourth-order valence-corrected chi connectivity index (χ4v) is 4.52. The third-order valence-electron chi connectivity index (χ3n) is 5.04. The molecule has 2 aliphatic rings. The van der Waals surface area contributed by atoms with Gasteiger partial charge in [-0.1, -0.05) is 0 Å². The van der Waals surface area contributed by atoms with Crippen molar-refractivity contribution in [2.45, 2.75) is 5.50 Å². The van der Waals surface area contributed by atoms with Crippen LogP contribution in [-0.4, -0.2) is 59.0 Å². The molecular weight excluding hydrogens is 412 g/mol. The number of likely N-dealkylation sites (tertiary alicyclic amines) is 1. The number of anilines is 1. The van der Waals surface area contributed by atoms with E-state index < -0.39 is 57.0 Å². The van der Waals surface area contributed by atoms with E-state index >= 15 is 0 Å². The van der Waals surface area contributed by atoms with Gasteiger partial charge in [0.2, 0.25) is 5.82 Å². The molecule has 4 atom stereocenters. The van der Waals surface area contributed by atoms with E-state index in [9.17, 15) is 35.3 Å². The lowest BCUT2D eigenvalue weighted by Crippen LogP contribution is -2.40. The summed E-state index contributed by atoms with van der Waals surface area (Å²) in [6.45, 7) is -0.0843. The van der Waals surface area contributed by atoms with E-state index in [0.29, 0.717) is 0 Å². The highest BCUT2D eigenvalue weighted by Gasteiger charge is 2.45. The van der Waals surface area contributed by atoms with Crippen LogP contribution in [0.3, 0.4) is 0 Å². The van der Waals surface area contributed by atoms with Gasteiger partial charge in [-0.3, -0.25) is 9.00 Å². The van der Waals surface area contributed by atoms with Crippen LogP contribution in [0, 0.1) is 40.9 Å². The Morgan fingerprint density at radius 1 is 0.964 bits per heavy atom. The van der Waals surface area contributed by atoms with E-state index in [1.807, 2.05) is 0 Å². The van der Waals surface area contributed by atoms with Gasteiger partial charge in [-0.15, -0.1) is 0 Å². The first kappa shape index (κ1) is 20.9. The number of nitrogens with two attached hydrogens (primary N) is 1. The Morgan fingerprint density at radius 2 is 1.43 bits per heavy atom. The summed E-state index contributed by atoms with van der Waals surface area (Å²) in [6.07, 6.45) is 0. The predicted octanol–water partition coefficient (Wildman–Crippen LogP) is 1.28. The molecule has 1 aromatic rings. The maximum absolute atomic E-state index is 14.0. The molecule has 2 unspecified atom stereocenters. The second-order valence-corrected chi connectivity index (χ2v) is 8.36. The Balaban J connectivity index is 1.72. The summed E-state index contributed by atoms with van der Waals surface area (Å²) in [5, 5.41) is 0. The zero-order valence-electron chi connectivity index (χ0n) is 14.4. The second-order valence-electron chi connectivity index (χ2n) is 6.78. The fourth-order valence-electron chi connectivity index (χ4n) is 3.70. The van der Waals surface area contributed by atoms with Crippen LogP contribution in [0.25, 0.3) is 0 Å². The number of halogens is 6. The zero-order valence-corrected chi connectivity index (χ0v) is 15.3. The summed E-state index contributed by atoms with van der Waals surface area (Å²) in [5.74, 6) is -11.9. The molecule has 1 aromatic carbocycles. The lowest BCUT2D eigenvalue weighted by atomic mass is 10.0. The normalized spacial score (nSPS) is 23.8. The van der Waals surface area contributed by atoms with Crippen molar-refractivity contribution >= 4 is 22.4 Å². The summed E-state index contributed by atoms with van der Waals surface area (Å²) >= 11 is 0. The zero-order chi connectivity index (χ0) is 20.7. The number of rotatable bonds is 5. The van der Waals surface area contributed by atoms with Crippen molar-refractivity contribution in [2.24, 2.45) is 17.6 Å². The third kappa shape index (κ3) is 3.47. The third-order valence-corrected chi connectivity index (χ3v) is 6.35. The first-order valence-corrected chi connectivity index (χ1v) is 9.82. The van der Waals surface area contributed by atoms with E-state index in [0.717, 1.165) is 4.90 Å². The van der Waals surface area contributed by atoms with Gasteiger partial charge in [-0.25, -0.2) is 26.3 Å². The SMILES string of the molecule is NCCS(=O)C(F)C(=O)N1C[C@@H]2CN(c3c(F)c(F)c(F)c(F)c3F)C[C@@H]2C1. The molecule has 2 aliphatic heterocycles. The monoisotopic (exact) mass is 429 g/mol. The molecule has 0 aliphatic carbocycles. The number of hydrogen-bond acceptors (Lipinski definition) is 4. The molecule has 2 heterocycles. The van der Waals surface area contributed by atoms with Crippen LogP contribution in [0.5, 0.6) is 0 Å². The van der Waals surface area contributed by atoms with Crippen LogP contribution in [0.4, 0.5) is 32.0 Å². The van der Waals surface area contributed by atoms with Crippen LogP contribution in [-0.2, 0) is 15.6 Å². The Bertz CT molecular complexity index is 783. The van der Waals surface area contributed by atoms with Crippen molar-refractivity contribution in [3.8, 4) is 0 Å². The second kappa shape index (κ2) is 7.90. The molecule has 0 radical (unpaired) electrons. The van der Waals surface area contributed by atoms with Crippen molar-refractivity contribution in [2.75, 3.05) is 43.4 Å². The molecule has 0 aromatic heterocycles. The van der Waals surface area contributed by atoms with Gasteiger partial charge in [0.1, 0.15) is 5.69 Å². The van der Waals surface area contributed by atoms with Gasteiger partial charge in [0, 0.05) is 50.3 Å². The van der Waals surface area contributed by atoms with Crippen LogP contribution in [0.2, 0.25) is 0 Å².